The van der Waals surface area contributed by atoms with Crippen molar-refractivity contribution in [1.82, 2.24) is 14.9 Å². The Morgan fingerprint density at radius 3 is 2.87 bits per heavy atom. The molecule has 170 valence electrons. The van der Waals surface area contributed by atoms with Crippen molar-refractivity contribution in [1.29, 1.82) is 0 Å². The molecule has 0 saturated carbocycles. The van der Waals surface area contributed by atoms with E-state index in [0.29, 0.717) is 47.9 Å². The fraction of sp³-hybridized carbons (Fsp3) is 0.571. The Labute approximate surface area is 181 Å². The number of fused-ring (bicyclic) bond motifs is 1. The first-order valence-electron chi connectivity index (χ1n) is 10.6. The standard InChI is InChI=1S/C21H29N3O6S/c1-3-5-7-15(13-23(27)14-25)21(26)24-11-6-8-18(24)20-22-17-12-16(31(28,29)4-2)9-10-19(17)30-20/h9-10,12,14-15,18,27H,3-8,11,13H2,1-2H3. The molecular weight excluding hydrogens is 422 g/mol. The maximum absolute atomic E-state index is 13.2. The zero-order chi connectivity index (χ0) is 22.6. The molecular formula is C21H29N3O6S. The van der Waals surface area contributed by atoms with Gasteiger partial charge in [0.15, 0.2) is 15.4 Å². The van der Waals surface area contributed by atoms with Crippen molar-refractivity contribution in [3.8, 4) is 0 Å². The molecule has 1 aliphatic rings. The van der Waals surface area contributed by atoms with Crippen molar-refractivity contribution in [3.05, 3.63) is 24.1 Å². The quantitative estimate of drug-likeness (QED) is 0.335. The Hall–Kier alpha value is -2.46. The molecule has 2 unspecified atom stereocenters. The van der Waals surface area contributed by atoms with Gasteiger partial charge in [0, 0.05) is 6.54 Å². The Balaban J connectivity index is 1.86. The number of unbranched alkanes of at least 4 members (excludes halogenated alkanes) is 1. The maximum Gasteiger partial charge on any atom is 0.233 e. The first-order chi connectivity index (χ1) is 14.8. The fourth-order valence-electron chi connectivity index (χ4n) is 3.96. The van der Waals surface area contributed by atoms with Gasteiger partial charge < -0.3 is 9.32 Å². The summed E-state index contributed by atoms with van der Waals surface area (Å²) >= 11 is 0. The zero-order valence-corrected chi connectivity index (χ0v) is 18.7. The highest BCUT2D eigenvalue weighted by atomic mass is 32.2. The van der Waals surface area contributed by atoms with Crippen LogP contribution in [0.25, 0.3) is 11.1 Å². The number of likely N-dealkylation sites (tertiary alicyclic amines) is 1. The number of aromatic nitrogens is 1. The largest absolute Gasteiger partial charge is 0.438 e. The summed E-state index contributed by atoms with van der Waals surface area (Å²) in [7, 11) is -3.36. The first-order valence-corrected chi connectivity index (χ1v) is 12.3. The lowest BCUT2D eigenvalue weighted by atomic mass is 9.99. The van der Waals surface area contributed by atoms with Gasteiger partial charge >= 0.3 is 0 Å². The van der Waals surface area contributed by atoms with Crippen LogP contribution in [0.4, 0.5) is 0 Å². The van der Waals surface area contributed by atoms with E-state index < -0.39 is 15.8 Å². The van der Waals surface area contributed by atoms with Gasteiger partial charge in [-0.25, -0.2) is 18.5 Å². The summed E-state index contributed by atoms with van der Waals surface area (Å²) in [5.41, 5.74) is 0.906. The second-order valence-electron chi connectivity index (χ2n) is 7.84. The molecule has 10 heteroatoms. The van der Waals surface area contributed by atoms with Crippen LogP contribution in [0.15, 0.2) is 27.5 Å². The molecule has 2 atom stereocenters. The fourth-order valence-corrected chi connectivity index (χ4v) is 4.86. The Morgan fingerprint density at radius 2 is 2.19 bits per heavy atom. The van der Waals surface area contributed by atoms with E-state index in [4.69, 9.17) is 4.42 Å². The van der Waals surface area contributed by atoms with Crippen molar-refractivity contribution in [2.75, 3.05) is 18.8 Å². The van der Waals surface area contributed by atoms with Crippen LogP contribution in [0, 0.1) is 5.92 Å². The van der Waals surface area contributed by atoms with Gasteiger partial charge in [-0.05, 0) is 37.5 Å². The highest BCUT2D eigenvalue weighted by Crippen LogP contribution is 2.35. The zero-order valence-electron chi connectivity index (χ0n) is 17.9. The second-order valence-corrected chi connectivity index (χ2v) is 10.1. The third-order valence-electron chi connectivity index (χ3n) is 5.72. The van der Waals surface area contributed by atoms with Crippen LogP contribution < -0.4 is 0 Å². The minimum Gasteiger partial charge on any atom is -0.438 e. The number of hydrogen-bond donors (Lipinski definition) is 1. The summed E-state index contributed by atoms with van der Waals surface area (Å²) in [6.45, 7) is 4.08. The van der Waals surface area contributed by atoms with Crippen LogP contribution in [-0.2, 0) is 19.4 Å². The molecule has 0 radical (unpaired) electrons. The Morgan fingerprint density at radius 1 is 1.42 bits per heavy atom. The van der Waals surface area contributed by atoms with Crippen LogP contribution in [-0.4, -0.2) is 59.7 Å². The van der Waals surface area contributed by atoms with E-state index in [0.717, 1.165) is 19.3 Å². The average molecular weight is 452 g/mol. The number of amides is 2. The number of nitrogens with zero attached hydrogens (tertiary/aromatic N) is 3. The number of hydroxylamine groups is 2. The Kier molecular flexibility index (Phi) is 7.32. The average Bonchev–Trinajstić information content (AvgIpc) is 3.41. The summed E-state index contributed by atoms with van der Waals surface area (Å²) in [4.78, 5) is 30.5. The molecule has 9 nitrogen and oxygen atoms in total. The van der Waals surface area contributed by atoms with E-state index in [-0.39, 0.29) is 29.1 Å². The minimum absolute atomic E-state index is 0.00404. The molecule has 3 rings (SSSR count). The molecule has 1 fully saturated rings. The SMILES string of the molecule is CCCCC(CN(O)C=O)C(=O)N1CCCC1c1nc2cc(S(=O)(=O)CC)ccc2o1. The summed E-state index contributed by atoms with van der Waals surface area (Å²) < 4.78 is 30.2. The summed E-state index contributed by atoms with van der Waals surface area (Å²) in [5, 5.41) is 10.1. The van der Waals surface area contributed by atoms with Crippen LogP contribution in [0.3, 0.4) is 0 Å². The van der Waals surface area contributed by atoms with Gasteiger partial charge in [-0.2, -0.15) is 0 Å². The van der Waals surface area contributed by atoms with E-state index in [1.807, 2.05) is 6.92 Å². The van der Waals surface area contributed by atoms with Crippen molar-refractivity contribution in [2.24, 2.45) is 5.92 Å². The third-order valence-corrected chi connectivity index (χ3v) is 7.45. The molecule has 0 spiro atoms. The lowest BCUT2D eigenvalue weighted by Crippen LogP contribution is -2.40. The third kappa shape index (κ3) is 5.07. The number of benzene rings is 1. The molecule has 1 aromatic carbocycles. The molecule has 1 aromatic heterocycles. The normalized spacial score (nSPS) is 17.8. The van der Waals surface area contributed by atoms with Crippen molar-refractivity contribution in [3.63, 3.8) is 0 Å². The number of sulfone groups is 1. The van der Waals surface area contributed by atoms with Crippen molar-refractivity contribution < 1.29 is 27.6 Å². The molecule has 2 aromatic rings. The maximum atomic E-state index is 13.2. The molecule has 1 N–H and O–H groups in total. The highest BCUT2D eigenvalue weighted by Gasteiger charge is 2.37. The lowest BCUT2D eigenvalue weighted by Gasteiger charge is -2.28. The van der Waals surface area contributed by atoms with Crippen LogP contribution >= 0.6 is 0 Å². The van der Waals surface area contributed by atoms with E-state index in [2.05, 4.69) is 4.98 Å². The summed E-state index contributed by atoms with van der Waals surface area (Å²) in [5.74, 6) is -0.289. The van der Waals surface area contributed by atoms with Gasteiger partial charge in [0.05, 0.1) is 23.1 Å². The topological polar surface area (TPSA) is 121 Å². The Bertz CT molecular complexity index is 1030. The predicted octanol–water partition coefficient (Wildman–Crippen LogP) is 2.94. The van der Waals surface area contributed by atoms with Gasteiger partial charge in [0.1, 0.15) is 11.6 Å². The molecule has 2 amide bonds. The van der Waals surface area contributed by atoms with E-state index in [1.54, 1.807) is 17.9 Å². The van der Waals surface area contributed by atoms with Crippen molar-refractivity contribution in [2.45, 2.75) is 56.9 Å². The summed E-state index contributed by atoms with van der Waals surface area (Å²) in [6.07, 6.45) is 4.02. The molecule has 0 bridgehead atoms. The van der Waals surface area contributed by atoms with E-state index >= 15 is 0 Å². The van der Waals surface area contributed by atoms with Crippen LogP contribution in [0.1, 0.15) is 57.9 Å². The van der Waals surface area contributed by atoms with Gasteiger partial charge in [0.2, 0.25) is 18.2 Å². The molecule has 0 aliphatic carbocycles. The van der Waals surface area contributed by atoms with Gasteiger partial charge in [-0.15, -0.1) is 0 Å². The van der Waals surface area contributed by atoms with Gasteiger partial charge in [-0.3, -0.25) is 14.8 Å². The van der Waals surface area contributed by atoms with Crippen LogP contribution in [0.5, 0.6) is 0 Å². The minimum atomic E-state index is -3.36. The molecule has 1 aliphatic heterocycles. The van der Waals surface area contributed by atoms with Gasteiger partial charge in [-0.1, -0.05) is 26.7 Å². The second kappa shape index (κ2) is 9.78. The molecule has 31 heavy (non-hydrogen) atoms. The lowest BCUT2D eigenvalue weighted by molar-refractivity contribution is -0.157. The monoisotopic (exact) mass is 451 g/mol. The number of carbonyl (C=O) groups is 2. The molecule has 2 heterocycles. The highest BCUT2D eigenvalue weighted by molar-refractivity contribution is 7.91. The van der Waals surface area contributed by atoms with E-state index in [1.165, 1.54) is 12.1 Å². The van der Waals surface area contributed by atoms with Crippen molar-refractivity contribution >= 4 is 33.3 Å². The van der Waals surface area contributed by atoms with Gasteiger partial charge in [0.25, 0.3) is 0 Å². The first kappa shape index (κ1) is 23.2. The number of oxazole rings is 1. The summed E-state index contributed by atoms with van der Waals surface area (Å²) in [6, 6.07) is 4.23. The number of hydrogen-bond acceptors (Lipinski definition) is 7. The number of rotatable bonds is 10. The van der Waals surface area contributed by atoms with E-state index in [9.17, 15) is 23.2 Å². The number of carbonyl (C=O) groups excluding carboxylic acids is 2. The van der Waals surface area contributed by atoms with Crippen LogP contribution in [0.2, 0.25) is 0 Å². The smallest absolute Gasteiger partial charge is 0.233 e. The predicted molar refractivity (Wildman–Crippen MR) is 113 cm³/mol. The molecule has 1 saturated heterocycles.